The molecule has 1 saturated heterocycles. The standard InChI is InChI=1S/C24H28N2O4S/c1-16-5-8-22(18(3)13-16)31(28,29)26-11-9-25(10-12-26)15-20-14-23(27)30-24-19(4)17(2)6-7-21(20)24/h5-8,13-14H,9-12,15H2,1-4H3. The van der Waals surface area contributed by atoms with Crippen LogP contribution in [-0.4, -0.2) is 43.8 Å². The number of nitrogens with zero attached hydrogens (tertiary/aromatic N) is 2. The number of benzene rings is 2. The Labute approximate surface area is 183 Å². The van der Waals surface area contributed by atoms with E-state index in [4.69, 9.17) is 4.42 Å². The van der Waals surface area contributed by atoms with Gasteiger partial charge in [0.25, 0.3) is 0 Å². The highest BCUT2D eigenvalue weighted by Gasteiger charge is 2.29. The van der Waals surface area contributed by atoms with Gasteiger partial charge in [-0.15, -0.1) is 0 Å². The second kappa shape index (κ2) is 8.22. The lowest BCUT2D eigenvalue weighted by Gasteiger charge is -2.34. The SMILES string of the molecule is Cc1ccc(S(=O)(=O)N2CCN(Cc3cc(=O)oc4c(C)c(C)ccc34)CC2)c(C)c1. The molecule has 0 unspecified atom stereocenters. The van der Waals surface area contributed by atoms with E-state index in [1.807, 2.05) is 52.0 Å². The van der Waals surface area contributed by atoms with Crippen molar-refractivity contribution >= 4 is 21.0 Å². The first-order chi connectivity index (χ1) is 14.7. The number of aryl methyl sites for hydroxylation is 4. The highest BCUT2D eigenvalue weighted by Crippen LogP contribution is 2.26. The summed E-state index contributed by atoms with van der Waals surface area (Å²) in [4.78, 5) is 14.7. The fourth-order valence-corrected chi connectivity index (χ4v) is 5.88. The summed E-state index contributed by atoms with van der Waals surface area (Å²) in [5.41, 5.74) is 5.08. The van der Waals surface area contributed by atoms with E-state index in [-0.39, 0.29) is 5.63 Å². The number of fused-ring (bicyclic) bond motifs is 1. The molecule has 6 nitrogen and oxygen atoms in total. The molecule has 3 aromatic rings. The van der Waals surface area contributed by atoms with E-state index in [0.717, 1.165) is 33.2 Å². The largest absolute Gasteiger partial charge is 0.422 e. The molecular weight excluding hydrogens is 412 g/mol. The van der Waals surface area contributed by atoms with Crippen LogP contribution in [0.2, 0.25) is 0 Å². The molecule has 0 N–H and O–H groups in total. The summed E-state index contributed by atoms with van der Waals surface area (Å²) < 4.78 is 33.3. The second-order valence-corrected chi connectivity index (χ2v) is 10.3. The molecule has 4 rings (SSSR count). The van der Waals surface area contributed by atoms with Crippen molar-refractivity contribution in [2.45, 2.75) is 39.1 Å². The van der Waals surface area contributed by atoms with E-state index in [1.54, 1.807) is 16.4 Å². The fraction of sp³-hybridized carbons (Fsp3) is 0.375. The topological polar surface area (TPSA) is 70.8 Å². The summed E-state index contributed by atoms with van der Waals surface area (Å²) in [7, 11) is -3.52. The van der Waals surface area contributed by atoms with Gasteiger partial charge >= 0.3 is 5.63 Å². The van der Waals surface area contributed by atoms with Crippen LogP contribution < -0.4 is 5.63 Å². The monoisotopic (exact) mass is 440 g/mol. The fourth-order valence-electron chi connectivity index (χ4n) is 4.25. The van der Waals surface area contributed by atoms with Gasteiger partial charge in [0.05, 0.1) is 4.90 Å². The highest BCUT2D eigenvalue weighted by molar-refractivity contribution is 7.89. The van der Waals surface area contributed by atoms with Gasteiger partial charge < -0.3 is 4.42 Å². The average Bonchev–Trinajstić information content (AvgIpc) is 2.71. The van der Waals surface area contributed by atoms with Gasteiger partial charge in [-0.1, -0.05) is 29.8 Å². The average molecular weight is 441 g/mol. The van der Waals surface area contributed by atoms with Crippen LogP contribution in [0.1, 0.15) is 27.8 Å². The zero-order chi connectivity index (χ0) is 22.3. The molecule has 1 aliphatic rings. The number of sulfonamides is 1. The molecule has 1 aliphatic heterocycles. The van der Waals surface area contributed by atoms with E-state index in [0.29, 0.717) is 43.2 Å². The minimum absolute atomic E-state index is 0.354. The van der Waals surface area contributed by atoms with Crippen LogP contribution in [0.5, 0.6) is 0 Å². The maximum Gasteiger partial charge on any atom is 0.336 e. The van der Waals surface area contributed by atoms with Crippen molar-refractivity contribution in [3.8, 4) is 0 Å². The van der Waals surface area contributed by atoms with Crippen LogP contribution in [0.3, 0.4) is 0 Å². The maximum atomic E-state index is 13.1. The van der Waals surface area contributed by atoms with Gasteiger partial charge in [-0.05, 0) is 56.0 Å². The van der Waals surface area contributed by atoms with Gasteiger partial charge in [0.2, 0.25) is 10.0 Å². The summed E-state index contributed by atoms with van der Waals surface area (Å²) in [6, 6.07) is 11.0. The summed E-state index contributed by atoms with van der Waals surface area (Å²) in [5.74, 6) is 0. The molecule has 0 amide bonds. The first kappa shape index (κ1) is 21.7. The highest BCUT2D eigenvalue weighted by atomic mass is 32.2. The third-order valence-corrected chi connectivity index (χ3v) is 8.25. The Hall–Kier alpha value is -2.48. The van der Waals surface area contributed by atoms with Crippen molar-refractivity contribution in [1.82, 2.24) is 9.21 Å². The van der Waals surface area contributed by atoms with Gasteiger partial charge in [0.1, 0.15) is 5.58 Å². The molecule has 0 spiro atoms. The Kier molecular flexibility index (Phi) is 5.77. The van der Waals surface area contributed by atoms with Crippen molar-refractivity contribution in [3.05, 3.63) is 74.6 Å². The van der Waals surface area contributed by atoms with Crippen molar-refractivity contribution in [3.63, 3.8) is 0 Å². The minimum Gasteiger partial charge on any atom is -0.422 e. The Morgan fingerprint density at radius 3 is 2.29 bits per heavy atom. The van der Waals surface area contributed by atoms with Crippen molar-refractivity contribution in [1.29, 1.82) is 0 Å². The molecular formula is C24H28N2O4S. The van der Waals surface area contributed by atoms with Gasteiger partial charge in [-0.25, -0.2) is 13.2 Å². The molecule has 0 aliphatic carbocycles. The Balaban J connectivity index is 1.53. The Morgan fingerprint density at radius 2 is 1.61 bits per heavy atom. The zero-order valence-corrected chi connectivity index (χ0v) is 19.3. The molecule has 2 heterocycles. The zero-order valence-electron chi connectivity index (χ0n) is 18.4. The molecule has 0 saturated carbocycles. The number of hydrogen-bond donors (Lipinski definition) is 0. The predicted octanol–water partition coefficient (Wildman–Crippen LogP) is 3.53. The van der Waals surface area contributed by atoms with Gasteiger partial charge in [-0.2, -0.15) is 4.31 Å². The first-order valence-electron chi connectivity index (χ1n) is 10.5. The third-order valence-electron chi connectivity index (χ3n) is 6.19. The van der Waals surface area contributed by atoms with E-state index >= 15 is 0 Å². The third kappa shape index (κ3) is 4.18. The molecule has 0 bridgehead atoms. The lowest BCUT2D eigenvalue weighted by molar-refractivity contribution is 0.182. The number of piperazine rings is 1. The minimum atomic E-state index is -3.52. The van der Waals surface area contributed by atoms with Gasteiger partial charge in [-0.3, -0.25) is 4.90 Å². The van der Waals surface area contributed by atoms with E-state index < -0.39 is 10.0 Å². The summed E-state index contributed by atoms with van der Waals surface area (Å²) in [6.45, 7) is 10.4. The lowest BCUT2D eigenvalue weighted by atomic mass is 10.0. The Bertz CT molecular complexity index is 1300. The molecule has 7 heteroatoms. The quantitative estimate of drug-likeness (QED) is 0.581. The maximum absolute atomic E-state index is 13.1. The van der Waals surface area contributed by atoms with Crippen LogP contribution in [0.15, 0.2) is 50.5 Å². The lowest BCUT2D eigenvalue weighted by Crippen LogP contribution is -2.48. The summed E-state index contributed by atoms with van der Waals surface area (Å²) >= 11 is 0. The molecule has 1 aromatic heterocycles. The van der Waals surface area contributed by atoms with E-state index in [2.05, 4.69) is 4.90 Å². The Morgan fingerprint density at radius 1 is 0.903 bits per heavy atom. The summed E-state index contributed by atoms with van der Waals surface area (Å²) in [6.07, 6.45) is 0. The molecule has 1 fully saturated rings. The number of hydrogen-bond acceptors (Lipinski definition) is 5. The molecule has 2 aromatic carbocycles. The summed E-state index contributed by atoms with van der Waals surface area (Å²) in [5, 5.41) is 0.938. The predicted molar refractivity (Wildman–Crippen MR) is 122 cm³/mol. The number of rotatable bonds is 4. The first-order valence-corrected chi connectivity index (χ1v) is 11.9. The van der Waals surface area contributed by atoms with Gasteiger partial charge in [0, 0.05) is 44.2 Å². The van der Waals surface area contributed by atoms with E-state index in [9.17, 15) is 13.2 Å². The smallest absolute Gasteiger partial charge is 0.336 e. The second-order valence-electron chi connectivity index (χ2n) is 8.42. The van der Waals surface area contributed by atoms with Crippen molar-refractivity contribution in [2.24, 2.45) is 0 Å². The van der Waals surface area contributed by atoms with Crippen LogP contribution in [-0.2, 0) is 16.6 Å². The molecule has 0 radical (unpaired) electrons. The molecule has 0 atom stereocenters. The normalized spacial score (nSPS) is 16.1. The van der Waals surface area contributed by atoms with Crippen LogP contribution in [0.25, 0.3) is 11.0 Å². The molecule has 31 heavy (non-hydrogen) atoms. The van der Waals surface area contributed by atoms with Gasteiger partial charge in [0.15, 0.2) is 0 Å². The van der Waals surface area contributed by atoms with Crippen LogP contribution in [0.4, 0.5) is 0 Å². The van der Waals surface area contributed by atoms with Crippen LogP contribution >= 0.6 is 0 Å². The van der Waals surface area contributed by atoms with E-state index in [1.165, 1.54) is 0 Å². The van der Waals surface area contributed by atoms with Crippen molar-refractivity contribution < 1.29 is 12.8 Å². The van der Waals surface area contributed by atoms with Crippen molar-refractivity contribution in [2.75, 3.05) is 26.2 Å². The van der Waals surface area contributed by atoms with Crippen LogP contribution in [0, 0.1) is 27.7 Å². The molecule has 164 valence electrons.